The molecule has 2 aliphatic carbocycles. The zero-order valence-corrected chi connectivity index (χ0v) is 14.8. The molecular formula is C24H20O3. The van der Waals surface area contributed by atoms with Crippen molar-refractivity contribution in [1.29, 1.82) is 0 Å². The Morgan fingerprint density at radius 2 is 1.33 bits per heavy atom. The zero-order valence-electron chi connectivity index (χ0n) is 14.8. The van der Waals surface area contributed by atoms with E-state index < -0.39 is 0 Å². The third kappa shape index (κ3) is 2.42. The van der Waals surface area contributed by atoms with Gasteiger partial charge < -0.3 is 15.3 Å². The van der Waals surface area contributed by atoms with Gasteiger partial charge in [-0.15, -0.1) is 0 Å². The summed E-state index contributed by atoms with van der Waals surface area (Å²) >= 11 is 0. The molecule has 0 saturated heterocycles. The molecule has 27 heavy (non-hydrogen) atoms. The lowest BCUT2D eigenvalue weighted by molar-refractivity contribution is 0.427. The quantitative estimate of drug-likeness (QED) is 0.545. The summed E-state index contributed by atoms with van der Waals surface area (Å²) in [6.07, 6.45) is 2.38. The van der Waals surface area contributed by atoms with Crippen molar-refractivity contribution in [2.75, 3.05) is 0 Å². The van der Waals surface area contributed by atoms with Gasteiger partial charge in [-0.3, -0.25) is 0 Å². The van der Waals surface area contributed by atoms with Crippen LogP contribution in [0.1, 0.15) is 27.8 Å². The van der Waals surface area contributed by atoms with E-state index in [4.69, 9.17) is 0 Å². The van der Waals surface area contributed by atoms with Crippen LogP contribution in [0.4, 0.5) is 0 Å². The molecule has 3 heteroatoms. The van der Waals surface area contributed by atoms with Gasteiger partial charge >= 0.3 is 0 Å². The van der Waals surface area contributed by atoms with Crippen LogP contribution >= 0.6 is 0 Å². The molecule has 1 atom stereocenters. The number of hydrogen-bond acceptors (Lipinski definition) is 3. The normalized spacial score (nSPS) is 21.9. The minimum atomic E-state index is -0.258. The molecule has 5 rings (SSSR count). The first-order valence-corrected chi connectivity index (χ1v) is 9.18. The molecule has 0 bridgehead atoms. The van der Waals surface area contributed by atoms with Crippen molar-refractivity contribution in [3.63, 3.8) is 0 Å². The average Bonchev–Trinajstić information content (AvgIpc) is 3.17. The number of aliphatic hydroxyl groups is 1. The SMILES string of the molecule is O/C(=C1/c2cc(O)ccc2CC12Cc1ccc(O)cc1C2)c1ccccc1. The first-order chi connectivity index (χ1) is 13.1. The van der Waals surface area contributed by atoms with Crippen molar-refractivity contribution in [2.24, 2.45) is 5.41 Å². The number of aromatic hydroxyl groups is 2. The predicted molar refractivity (Wildman–Crippen MR) is 106 cm³/mol. The second-order valence-electron chi connectivity index (χ2n) is 7.69. The van der Waals surface area contributed by atoms with E-state index in [9.17, 15) is 15.3 Å². The van der Waals surface area contributed by atoms with Gasteiger partial charge in [0.1, 0.15) is 17.3 Å². The van der Waals surface area contributed by atoms with Crippen molar-refractivity contribution >= 4 is 11.3 Å². The summed E-state index contributed by atoms with van der Waals surface area (Å²) in [5, 5.41) is 31.2. The lowest BCUT2D eigenvalue weighted by Crippen LogP contribution is -2.22. The van der Waals surface area contributed by atoms with Crippen LogP contribution < -0.4 is 0 Å². The maximum absolute atomic E-state index is 11.3. The van der Waals surface area contributed by atoms with Crippen molar-refractivity contribution in [3.05, 3.63) is 94.5 Å². The van der Waals surface area contributed by atoms with E-state index in [0.717, 1.165) is 47.1 Å². The minimum Gasteiger partial charge on any atom is -0.508 e. The van der Waals surface area contributed by atoms with Gasteiger partial charge in [0, 0.05) is 16.6 Å². The van der Waals surface area contributed by atoms with Gasteiger partial charge in [-0.25, -0.2) is 0 Å². The number of aliphatic hydroxyl groups excluding tert-OH is 1. The second-order valence-corrected chi connectivity index (χ2v) is 7.69. The van der Waals surface area contributed by atoms with Crippen LogP contribution in [-0.2, 0) is 19.3 Å². The monoisotopic (exact) mass is 356 g/mol. The fourth-order valence-electron chi connectivity index (χ4n) is 4.85. The fraction of sp³-hybridized carbons (Fsp3) is 0.167. The summed E-state index contributed by atoms with van der Waals surface area (Å²) < 4.78 is 0. The van der Waals surface area contributed by atoms with Gasteiger partial charge in [0.2, 0.25) is 0 Å². The van der Waals surface area contributed by atoms with Gasteiger partial charge in [0.05, 0.1) is 0 Å². The largest absolute Gasteiger partial charge is 0.508 e. The number of phenolic OH excluding ortho intramolecular Hbond substituents is 2. The molecule has 0 fully saturated rings. The smallest absolute Gasteiger partial charge is 0.127 e. The van der Waals surface area contributed by atoms with E-state index in [0.29, 0.717) is 0 Å². The molecule has 1 spiro atoms. The summed E-state index contributed by atoms with van der Waals surface area (Å²) in [6, 6.07) is 20.6. The van der Waals surface area contributed by atoms with Crippen LogP contribution in [0.25, 0.3) is 11.3 Å². The first-order valence-electron chi connectivity index (χ1n) is 9.18. The fourth-order valence-corrected chi connectivity index (χ4v) is 4.85. The Morgan fingerprint density at radius 3 is 2.11 bits per heavy atom. The maximum atomic E-state index is 11.3. The molecule has 0 aliphatic heterocycles. The highest BCUT2D eigenvalue weighted by Crippen LogP contribution is 2.57. The zero-order chi connectivity index (χ0) is 18.6. The Balaban J connectivity index is 1.73. The number of phenols is 2. The average molecular weight is 356 g/mol. The predicted octanol–water partition coefficient (Wildman–Crippen LogP) is 4.87. The minimum absolute atomic E-state index is 0.206. The number of allylic oxidation sites excluding steroid dienone is 1. The Kier molecular flexibility index (Phi) is 3.35. The third-order valence-electron chi connectivity index (χ3n) is 5.95. The summed E-state index contributed by atoms with van der Waals surface area (Å²) in [5.74, 6) is 0.756. The second kappa shape index (κ2) is 5.65. The van der Waals surface area contributed by atoms with Gasteiger partial charge in [-0.1, -0.05) is 42.5 Å². The first kappa shape index (κ1) is 16.0. The van der Waals surface area contributed by atoms with E-state index in [-0.39, 0.29) is 22.7 Å². The topological polar surface area (TPSA) is 60.7 Å². The molecule has 0 amide bonds. The van der Waals surface area contributed by atoms with E-state index in [1.165, 1.54) is 5.56 Å². The van der Waals surface area contributed by atoms with Crippen LogP contribution in [0.5, 0.6) is 11.5 Å². The molecule has 3 N–H and O–H groups in total. The maximum Gasteiger partial charge on any atom is 0.127 e. The molecular weight excluding hydrogens is 336 g/mol. The standard InChI is InChI=1S/C24H20O3/c25-19-8-6-16-12-24(14-18(16)10-19)13-17-7-9-20(26)11-21(17)22(24)23(27)15-4-2-1-3-5-15/h1-11,25-27H,12-14H2/b23-22-. The Bertz CT molecular complexity index is 1080. The highest BCUT2D eigenvalue weighted by Gasteiger charge is 2.47. The van der Waals surface area contributed by atoms with E-state index in [2.05, 4.69) is 0 Å². The summed E-state index contributed by atoms with van der Waals surface area (Å²) in [7, 11) is 0. The lowest BCUT2D eigenvalue weighted by Gasteiger charge is -2.26. The number of fused-ring (bicyclic) bond motifs is 2. The lowest BCUT2D eigenvalue weighted by atomic mass is 9.76. The number of benzene rings is 3. The molecule has 3 aromatic rings. The molecule has 0 aromatic heterocycles. The van der Waals surface area contributed by atoms with E-state index in [1.807, 2.05) is 48.5 Å². The van der Waals surface area contributed by atoms with Crippen LogP contribution in [0.2, 0.25) is 0 Å². The van der Waals surface area contributed by atoms with Gasteiger partial charge in [0.15, 0.2) is 0 Å². The van der Waals surface area contributed by atoms with Crippen LogP contribution in [0.3, 0.4) is 0 Å². The Labute approximate surface area is 157 Å². The highest BCUT2D eigenvalue weighted by molar-refractivity contribution is 5.94. The van der Waals surface area contributed by atoms with Gasteiger partial charge in [-0.2, -0.15) is 0 Å². The Hall–Kier alpha value is -3.20. The number of hydrogen-bond donors (Lipinski definition) is 3. The number of rotatable bonds is 1. The molecule has 0 saturated carbocycles. The van der Waals surface area contributed by atoms with E-state index >= 15 is 0 Å². The summed E-state index contributed by atoms with van der Waals surface area (Å²) in [4.78, 5) is 0. The van der Waals surface area contributed by atoms with Crippen molar-refractivity contribution in [2.45, 2.75) is 19.3 Å². The molecule has 3 aromatic carbocycles. The van der Waals surface area contributed by atoms with E-state index in [1.54, 1.807) is 18.2 Å². The molecule has 1 unspecified atom stereocenters. The molecule has 2 aliphatic rings. The van der Waals surface area contributed by atoms with Crippen LogP contribution in [0.15, 0.2) is 66.7 Å². The third-order valence-corrected chi connectivity index (χ3v) is 5.95. The van der Waals surface area contributed by atoms with Crippen molar-refractivity contribution in [1.82, 2.24) is 0 Å². The molecule has 0 heterocycles. The van der Waals surface area contributed by atoms with Gasteiger partial charge in [0.25, 0.3) is 0 Å². The van der Waals surface area contributed by atoms with Crippen LogP contribution in [0, 0.1) is 5.41 Å². The van der Waals surface area contributed by atoms with Crippen LogP contribution in [-0.4, -0.2) is 15.3 Å². The highest BCUT2D eigenvalue weighted by atomic mass is 16.3. The Morgan fingerprint density at radius 1 is 0.704 bits per heavy atom. The summed E-state index contributed by atoms with van der Waals surface area (Å²) in [6.45, 7) is 0. The van der Waals surface area contributed by atoms with Gasteiger partial charge in [-0.05, 0) is 65.8 Å². The van der Waals surface area contributed by atoms with Crippen molar-refractivity contribution < 1.29 is 15.3 Å². The molecule has 0 radical (unpaired) electrons. The summed E-state index contributed by atoms with van der Waals surface area (Å²) in [5.41, 5.74) is 5.83. The molecule has 3 nitrogen and oxygen atoms in total. The van der Waals surface area contributed by atoms with Crippen molar-refractivity contribution in [3.8, 4) is 11.5 Å². The molecule has 134 valence electrons.